The molecule has 0 unspecified atom stereocenters. The number of anilines is 2. The van der Waals surface area contributed by atoms with E-state index in [1.807, 2.05) is 6.92 Å². The van der Waals surface area contributed by atoms with Crippen molar-refractivity contribution >= 4 is 56.5 Å². The van der Waals surface area contributed by atoms with Crippen LogP contribution in [0.2, 0.25) is 10.0 Å². The van der Waals surface area contributed by atoms with Crippen LogP contribution in [0.3, 0.4) is 0 Å². The summed E-state index contributed by atoms with van der Waals surface area (Å²) in [4.78, 5) is 28.4. The third-order valence-corrected chi connectivity index (χ3v) is 10.4. The highest BCUT2D eigenvalue weighted by molar-refractivity contribution is 7.89. The molecule has 3 amide bonds. The van der Waals surface area contributed by atoms with E-state index in [-0.39, 0.29) is 57.3 Å². The number of sulfonamides is 1. The van der Waals surface area contributed by atoms with E-state index in [2.05, 4.69) is 10.6 Å². The Kier molecular flexibility index (Phi) is 10.2. The summed E-state index contributed by atoms with van der Waals surface area (Å²) in [6.45, 7) is 4.00. The largest absolute Gasteiger partial charge is 0.486 e. The Morgan fingerprint density at radius 2 is 1.74 bits per heavy atom. The molecule has 0 saturated heterocycles. The lowest BCUT2D eigenvalue weighted by molar-refractivity contribution is 0.0389. The summed E-state index contributed by atoms with van der Waals surface area (Å²) in [7, 11) is -2.58. The van der Waals surface area contributed by atoms with Crippen molar-refractivity contribution in [3.8, 4) is 17.2 Å². The molecule has 46 heavy (non-hydrogen) atoms. The van der Waals surface area contributed by atoms with Crippen LogP contribution in [0, 0.1) is 5.92 Å². The van der Waals surface area contributed by atoms with Crippen molar-refractivity contribution in [3.05, 3.63) is 70.2 Å². The molecule has 3 atom stereocenters. The third kappa shape index (κ3) is 6.98. The number of nitrogens with zero attached hydrogens (tertiary/aromatic N) is 2. The van der Waals surface area contributed by atoms with E-state index >= 15 is 0 Å². The van der Waals surface area contributed by atoms with Crippen molar-refractivity contribution < 1.29 is 37.3 Å². The lowest BCUT2D eigenvalue weighted by Crippen LogP contribution is -2.50. The highest BCUT2D eigenvalue weighted by Gasteiger charge is 2.36. The summed E-state index contributed by atoms with van der Waals surface area (Å²) < 4.78 is 46.1. The number of urea groups is 1. The molecular formula is C31H34Cl2N4O8S. The number of para-hydroxylation sites is 1. The number of aliphatic hydroxyl groups excluding tert-OH is 1. The quantitative estimate of drug-likeness (QED) is 0.301. The first-order valence-corrected chi connectivity index (χ1v) is 16.7. The van der Waals surface area contributed by atoms with Gasteiger partial charge in [0.2, 0.25) is 10.0 Å². The van der Waals surface area contributed by atoms with Gasteiger partial charge < -0.3 is 34.9 Å². The number of likely N-dealkylation sites (N-methyl/N-ethyl adjacent to an activating group) is 1. The second-order valence-electron chi connectivity index (χ2n) is 11.1. The lowest BCUT2D eigenvalue weighted by atomic mass is 9.99. The topological polar surface area (TPSA) is 147 Å². The van der Waals surface area contributed by atoms with Gasteiger partial charge in [-0.3, -0.25) is 4.79 Å². The maximum Gasteiger partial charge on any atom is 0.323 e. The fourth-order valence-corrected chi connectivity index (χ4v) is 6.70. The number of carbonyl (C=O) groups is 2. The van der Waals surface area contributed by atoms with Crippen molar-refractivity contribution in [2.75, 3.05) is 50.6 Å². The molecule has 3 N–H and O–H groups in total. The van der Waals surface area contributed by atoms with Crippen molar-refractivity contribution in [2.45, 2.75) is 30.9 Å². The van der Waals surface area contributed by atoms with Crippen molar-refractivity contribution in [1.82, 2.24) is 9.21 Å². The zero-order chi connectivity index (χ0) is 33.2. The number of carbonyl (C=O) groups excluding carboxylic acids is 2. The Hall–Kier alpha value is -3.75. The molecule has 0 spiro atoms. The molecule has 0 aliphatic carbocycles. The molecule has 2 heterocycles. The van der Waals surface area contributed by atoms with Crippen LogP contribution in [-0.4, -0.2) is 86.8 Å². The molecule has 0 fully saturated rings. The summed E-state index contributed by atoms with van der Waals surface area (Å²) in [5.74, 6) is 0.0326. The van der Waals surface area contributed by atoms with Crippen LogP contribution in [0.1, 0.15) is 24.2 Å². The Morgan fingerprint density at radius 3 is 2.48 bits per heavy atom. The molecule has 246 valence electrons. The SMILES string of the molecule is C[C@@H]1CN([C@@H](C)CO)C(=O)c2cccc(NC(=O)Nc3cccc(Cl)c3Cl)c2O[C@H]1CN(C)S(=O)(=O)c1ccc2c(c1)OCCO2. The van der Waals surface area contributed by atoms with Crippen LogP contribution in [-0.2, 0) is 10.0 Å². The molecular weight excluding hydrogens is 659 g/mol. The van der Waals surface area contributed by atoms with Gasteiger partial charge in [-0.1, -0.05) is 42.3 Å². The number of nitrogens with one attached hydrogen (secondary N) is 2. The first-order chi connectivity index (χ1) is 21.9. The van der Waals surface area contributed by atoms with Gasteiger partial charge in [-0.25, -0.2) is 13.2 Å². The minimum absolute atomic E-state index is 0.0163. The lowest BCUT2D eigenvalue weighted by Gasteiger charge is -2.38. The normalized spacial score (nSPS) is 18.6. The van der Waals surface area contributed by atoms with E-state index in [0.717, 1.165) is 0 Å². The van der Waals surface area contributed by atoms with Gasteiger partial charge in [-0.2, -0.15) is 4.31 Å². The molecule has 3 aromatic carbocycles. The number of hydrogen-bond donors (Lipinski definition) is 3. The van der Waals surface area contributed by atoms with Gasteiger partial charge in [0, 0.05) is 25.6 Å². The molecule has 12 nitrogen and oxygen atoms in total. The highest BCUT2D eigenvalue weighted by Crippen LogP contribution is 2.37. The van der Waals surface area contributed by atoms with Gasteiger partial charge in [-0.05, 0) is 43.3 Å². The van der Waals surface area contributed by atoms with Crippen LogP contribution in [0.15, 0.2) is 59.5 Å². The average molecular weight is 694 g/mol. The van der Waals surface area contributed by atoms with Crippen LogP contribution in [0.5, 0.6) is 17.2 Å². The maximum absolute atomic E-state index is 13.8. The van der Waals surface area contributed by atoms with Gasteiger partial charge in [0.1, 0.15) is 19.3 Å². The first-order valence-electron chi connectivity index (χ1n) is 14.5. The number of aliphatic hydroxyl groups is 1. The monoisotopic (exact) mass is 692 g/mol. The van der Waals surface area contributed by atoms with Gasteiger partial charge in [0.25, 0.3) is 5.91 Å². The summed E-state index contributed by atoms with van der Waals surface area (Å²) in [6, 6.07) is 12.7. The van der Waals surface area contributed by atoms with Crippen LogP contribution in [0.4, 0.5) is 16.2 Å². The zero-order valence-corrected chi connectivity index (χ0v) is 27.7. The van der Waals surface area contributed by atoms with E-state index in [9.17, 15) is 23.1 Å². The molecule has 15 heteroatoms. The Balaban J connectivity index is 1.46. The fraction of sp³-hybridized carbons (Fsp3) is 0.355. The van der Waals surface area contributed by atoms with Crippen molar-refractivity contribution in [2.24, 2.45) is 5.92 Å². The fourth-order valence-electron chi connectivity index (χ4n) is 5.15. The second kappa shape index (κ2) is 13.9. The molecule has 5 rings (SSSR count). The van der Waals surface area contributed by atoms with E-state index in [1.54, 1.807) is 49.4 Å². The molecule has 2 aliphatic heterocycles. The number of rotatable bonds is 8. The van der Waals surface area contributed by atoms with Gasteiger partial charge >= 0.3 is 6.03 Å². The summed E-state index contributed by atoms with van der Waals surface area (Å²) in [6.07, 6.45) is -0.786. The average Bonchev–Trinajstić information content (AvgIpc) is 3.04. The Bertz CT molecular complexity index is 1740. The second-order valence-corrected chi connectivity index (χ2v) is 13.9. The number of halogens is 2. The molecule has 3 aromatic rings. The molecule has 0 bridgehead atoms. The van der Waals surface area contributed by atoms with Crippen LogP contribution < -0.4 is 24.8 Å². The summed E-state index contributed by atoms with van der Waals surface area (Å²) in [5, 5.41) is 15.7. The molecule has 0 aromatic heterocycles. The standard InChI is InChI=1S/C31H34Cl2N4O8S/c1-18-15-37(19(2)17-38)30(39)21-6-4-9-24(35-31(40)34-23-8-5-7-22(32)28(23)33)29(21)45-27(18)16-36(3)46(41,42)20-10-11-25-26(14-20)44-13-12-43-25/h4-11,14,18-19,27,38H,12-13,15-17H2,1-3H3,(H2,34,35,40)/t18-,19+,27+/m1/s1. The number of amides is 3. The smallest absolute Gasteiger partial charge is 0.323 e. The number of hydrogen-bond acceptors (Lipinski definition) is 8. The van der Waals surface area contributed by atoms with Gasteiger partial charge in [0.05, 0.1) is 51.1 Å². The van der Waals surface area contributed by atoms with Crippen molar-refractivity contribution in [1.29, 1.82) is 0 Å². The minimum atomic E-state index is -4.02. The number of benzene rings is 3. The molecule has 0 radical (unpaired) electrons. The number of fused-ring (bicyclic) bond motifs is 2. The third-order valence-electron chi connectivity index (χ3n) is 7.80. The Labute approximate surface area is 277 Å². The maximum atomic E-state index is 13.8. The first kappa shape index (κ1) is 33.6. The van der Waals surface area contributed by atoms with Gasteiger partial charge in [-0.15, -0.1) is 0 Å². The Morgan fingerprint density at radius 1 is 1.07 bits per heavy atom. The van der Waals surface area contributed by atoms with E-state index in [0.29, 0.717) is 24.7 Å². The molecule has 2 aliphatic rings. The van der Waals surface area contributed by atoms with E-state index in [4.69, 9.17) is 37.4 Å². The van der Waals surface area contributed by atoms with Crippen LogP contribution in [0.25, 0.3) is 0 Å². The highest BCUT2D eigenvalue weighted by atomic mass is 35.5. The summed E-state index contributed by atoms with van der Waals surface area (Å²) >= 11 is 12.3. The zero-order valence-electron chi connectivity index (χ0n) is 25.3. The van der Waals surface area contributed by atoms with Crippen LogP contribution >= 0.6 is 23.2 Å². The minimum Gasteiger partial charge on any atom is -0.486 e. The van der Waals surface area contributed by atoms with Crippen molar-refractivity contribution in [3.63, 3.8) is 0 Å². The van der Waals surface area contributed by atoms with Gasteiger partial charge in [0.15, 0.2) is 17.2 Å². The van der Waals surface area contributed by atoms with E-state index < -0.39 is 40.0 Å². The predicted molar refractivity (Wildman–Crippen MR) is 174 cm³/mol. The van der Waals surface area contributed by atoms with E-state index in [1.165, 1.54) is 28.4 Å². The predicted octanol–water partition coefficient (Wildman–Crippen LogP) is 4.95. The molecule has 0 saturated carbocycles. The summed E-state index contributed by atoms with van der Waals surface area (Å²) in [5.41, 5.74) is 0.561. The number of ether oxygens (including phenoxy) is 3.